The number of carbonyl (C=O) groups is 2. The number of allylic oxidation sites excluding steroid dienone is 2. The van der Waals surface area contributed by atoms with Crippen molar-refractivity contribution in [2.45, 2.75) is 57.0 Å². The summed E-state index contributed by atoms with van der Waals surface area (Å²) in [5.74, 6) is 0.480. The largest absolute Gasteiger partial charge is 0.454 e. The van der Waals surface area contributed by atoms with Crippen LogP contribution in [0.25, 0.3) is 5.57 Å². The van der Waals surface area contributed by atoms with Crippen LogP contribution in [0.1, 0.15) is 44.4 Å². The van der Waals surface area contributed by atoms with Crippen molar-refractivity contribution >= 4 is 25.6 Å². The average Bonchev–Trinajstić information content (AvgIpc) is 3.18. The van der Waals surface area contributed by atoms with Crippen LogP contribution in [0.5, 0.6) is 11.5 Å². The lowest BCUT2D eigenvalue weighted by atomic mass is 9.79. The van der Waals surface area contributed by atoms with Gasteiger partial charge in [0.2, 0.25) is 12.7 Å². The van der Waals surface area contributed by atoms with E-state index in [1.54, 1.807) is 6.07 Å². The molecule has 9 heteroatoms. The fourth-order valence-electron chi connectivity index (χ4n) is 3.90. The first-order valence-electron chi connectivity index (χ1n) is 10.6. The molecule has 1 aliphatic carbocycles. The van der Waals surface area contributed by atoms with Gasteiger partial charge in [-0.2, -0.15) is 0 Å². The van der Waals surface area contributed by atoms with E-state index in [9.17, 15) is 14.8 Å². The van der Waals surface area contributed by atoms with Crippen LogP contribution in [-0.4, -0.2) is 44.2 Å². The number of benzene rings is 1. The van der Waals surface area contributed by atoms with E-state index in [0.717, 1.165) is 5.56 Å². The van der Waals surface area contributed by atoms with Crippen molar-refractivity contribution in [2.24, 2.45) is 0 Å². The number of carbonyl (C=O) groups excluding carboxylic acids is 2. The van der Waals surface area contributed by atoms with Gasteiger partial charge < -0.3 is 19.2 Å². The fraction of sp³-hybridized carbons (Fsp3) is 0.478. The summed E-state index contributed by atoms with van der Waals surface area (Å²) in [6, 6.07) is 3.60. The molecule has 2 N–H and O–H groups in total. The zero-order chi connectivity index (χ0) is 23.3. The Morgan fingerprint density at radius 1 is 1.19 bits per heavy atom. The smallest absolute Gasteiger partial charge is 0.231 e. The minimum absolute atomic E-state index is 0.0628. The molecule has 0 spiro atoms. The van der Waals surface area contributed by atoms with Crippen molar-refractivity contribution in [1.82, 2.24) is 5.32 Å². The Morgan fingerprint density at radius 2 is 1.88 bits per heavy atom. The normalized spacial score (nSPS) is 25.2. The van der Waals surface area contributed by atoms with Gasteiger partial charge in [0.1, 0.15) is 0 Å². The molecule has 2 aliphatic heterocycles. The van der Waals surface area contributed by atoms with E-state index in [4.69, 9.17) is 18.8 Å². The van der Waals surface area contributed by atoms with Gasteiger partial charge in [-0.15, -0.1) is 0 Å². The van der Waals surface area contributed by atoms with Crippen LogP contribution < -0.4 is 14.8 Å². The molecule has 0 saturated carbocycles. The van der Waals surface area contributed by atoms with Gasteiger partial charge in [-0.25, -0.2) is 4.89 Å². The minimum Gasteiger partial charge on any atom is -0.454 e. The van der Waals surface area contributed by atoms with E-state index in [1.165, 1.54) is 18.2 Å². The SMILES string of the molecule is CC(C)(C)[Si](C)(C)O[C@@H]1CNC(=O)C[C@]2(OO)C=CC(=O)C=C2c2cc3c(cc21)OCO3. The van der Waals surface area contributed by atoms with Crippen LogP contribution in [0.3, 0.4) is 0 Å². The number of rotatable bonds is 3. The second-order valence-electron chi connectivity index (χ2n) is 9.91. The molecule has 32 heavy (non-hydrogen) atoms. The van der Waals surface area contributed by atoms with Crippen LogP contribution in [0.15, 0.2) is 30.4 Å². The number of fused-ring (bicyclic) bond motifs is 4. The van der Waals surface area contributed by atoms with Gasteiger partial charge in [0.15, 0.2) is 31.2 Å². The van der Waals surface area contributed by atoms with Crippen molar-refractivity contribution in [3.05, 3.63) is 41.5 Å². The Labute approximate surface area is 188 Å². The third-order valence-corrected chi connectivity index (χ3v) is 11.2. The number of ether oxygens (including phenoxy) is 2. The highest BCUT2D eigenvalue weighted by Crippen LogP contribution is 2.47. The minimum atomic E-state index is -2.25. The topological polar surface area (TPSA) is 103 Å². The van der Waals surface area contributed by atoms with Gasteiger partial charge in [-0.1, -0.05) is 20.8 Å². The van der Waals surface area contributed by atoms with Gasteiger partial charge in [0.05, 0.1) is 12.5 Å². The molecular formula is C23H29NO7Si. The summed E-state index contributed by atoms with van der Waals surface area (Å²) in [6.45, 7) is 11.0. The molecule has 1 aromatic rings. The Morgan fingerprint density at radius 3 is 2.53 bits per heavy atom. The monoisotopic (exact) mass is 459 g/mol. The van der Waals surface area contributed by atoms with Gasteiger partial charge in [-0.3, -0.25) is 14.8 Å². The van der Waals surface area contributed by atoms with Crippen LogP contribution in [0.4, 0.5) is 0 Å². The Bertz CT molecular complexity index is 1020. The molecule has 0 radical (unpaired) electrons. The predicted molar refractivity (Wildman–Crippen MR) is 120 cm³/mol. The molecule has 8 nitrogen and oxygen atoms in total. The van der Waals surface area contributed by atoms with Crippen molar-refractivity contribution < 1.29 is 33.6 Å². The zero-order valence-corrected chi connectivity index (χ0v) is 20.0. The molecule has 1 amide bonds. The molecule has 2 heterocycles. The van der Waals surface area contributed by atoms with E-state index >= 15 is 0 Å². The molecule has 0 bridgehead atoms. The average molecular weight is 460 g/mol. The maximum atomic E-state index is 12.8. The number of hydrogen-bond donors (Lipinski definition) is 2. The zero-order valence-electron chi connectivity index (χ0n) is 19.0. The molecule has 4 rings (SSSR count). The van der Waals surface area contributed by atoms with E-state index in [0.29, 0.717) is 22.6 Å². The summed E-state index contributed by atoms with van der Waals surface area (Å²) < 4.78 is 17.9. The fourth-order valence-corrected chi connectivity index (χ4v) is 5.18. The lowest BCUT2D eigenvalue weighted by Gasteiger charge is -2.40. The molecule has 172 valence electrons. The summed E-state index contributed by atoms with van der Waals surface area (Å²) in [5.41, 5.74) is 0.215. The third-order valence-electron chi connectivity index (χ3n) is 6.75. The third kappa shape index (κ3) is 3.90. The predicted octanol–water partition coefficient (Wildman–Crippen LogP) is 3.75. The van der Waals surface area contributed by atoms with E-state index in [2.05, 4.69) is 39.2 Å². The lowest BCUT2D eigenvalue weighted by Crippen LogP contribution is -2.44. The first-order chi connectivity index (χ1) is 15.0. The first kappa shape index (κ1) is 22.7. The van der Waals surface area contributed by atoms with Gasteiger partial charge >= 0.3 is 0 Å². The van der Waals surface area contributed by atoms with Crippen LogP contribution >= 0.6 is 0 Å². The highest BCUT2D eigenvalue weighted by molar-refractivity contribution is 6.74. The summed E-state index contributed by atoms with van der Waals surface area (Å²) >= 11 is 0. The second-order valence-corrected chi connectivity index (χ2v) is 14.7. The maximum Gasteiger partial charge on any atom is 0.231 e. The maximum absolute atomic E-state index is 12.8. The summed E-state index contributed by atoms with van der Waals surface area (Å²) in [4.78, 5) is 30.0. The van der Waals surface area contributed by atoms with E-state index in [-0.39, 0.29) is 36.5 Å². The number of ketones is 1. The Kier molecular flexibility index (Phi) is 5.57. The second kappa shape index (κ2) is 7.84. The molecule has 0 aromatic heterocycles. The highest BCUT2D eigenvalue weighted by Gasteiger charge is 2.45. The lowest BCUT2D eigenvalue weighted by molar-refractivity contribution is -0.289. The molecule has 0 saturated heterocycles. The van der Waals surface area contributed by atoms with E-state index < -0.39 is 20.0 Å². The molecule has 1 aromatic carbocycles. The van der Waals surface area contributed by atoms with Gasteiger partial charge in [0, 0.05) is 12.1 Å². The van der Waals surface area contributed by atoms with Crippen molar-refractivity contribution in [3.8, 4) is 11.5 Å². The molecule has 2 atom stereocenters. The van der Waals surface area contributed by atoms with Crippen molar-refractivity contribution in [2.75, 3.05) is 13.3 Å². The standard InChI is InChI=1S/C23H29NO7Si/c1-22(2,3)32(4,5)30-20-12-24-21(26)11-23(31-27)7-6-14(25)8-17(23)15-9-18-19(10-16(15)20)29-13-28-18/h6-10,20,27H,11-13H2,1-5H3,(H,24,26)/t20-,23-/m1/s1. The number of nitrogens with one attached hydrogen (secondary N) is 1. The van der Waals surface area contributed by atoms with Gasteiger partial charge in [0.25, 0.3) is 0 Å². The quantitative estimate of drug-likeness (QED) is 0.403. The van der Waals surface area contributed by atoms with E-state index in [1.807, 2.05) is 6.07 Å². The van der Waals surface area contributed by atoms with Crippen LogP contribution in [-0.2, 0) is 18.9 Å². The molecule has 0 unspecified atom stereocenters. The van der Waals surface area contributed by atoms with Crippen LogP contribution in [0.2, 0.25) is 18.1 Å². The molecule has 3 aliphatic rings. The van der Waals surface area contributed by atoms with Crippen molar-refractivity contribution in [3.63, 3.8) is 0 Å². The Balaban J connectivity index is 1.93. The molecular weight excluding hydrogens is 430 g/mol. The summed E-state index contributed by atoms with van der Waals surface area (Å²) in [6.07, 6.45) is 3.41. The first-order valence-corrected chi connectivity index (χ1v) is 13.5. The summed E-state index contributed by atoms with van der Waals surface area (Å²) in [5, 5.41) is 12.8. The van der Waals surface area contributed by atoms with Crippen molar-refractivity contribution in [1.29, 1.82) is 0 Å². The summed E-state index contributed by atoms with van der Waals surface area (Å²) in [7, 11) is -2.25. The number of hydrogen-bond acceptors (Lipinski definition) is 7. The van der Waals surface area contributed by atoms with Crippen LogP contribution in [0, 0.1) is 0 Å². The Hall–Kier alpha value is -2.46. The van der Waals surface area contributed by atoms with Gasteiger partial charge in [-0.05, 0) is 59.6 Å². The highest BCUT2D eigenvalue weighted by atomic mass is 28.4. The molecule has 0 fully saturated rings. The number of amides is 1.